The molecule has 3 rings (SSSR count). The SMILES string of the molecule is Cc1cc(F)ccc1C(Br)c1ccc2[nH]c(=O)[nH]c2c1. The topological polar surface area (TPSA) is 48.6 Å². The number of halogens is 2. The fraction of sp³-hybridized carbons (Fsp3) is 0.133. The summed E-state index contributed by atoms with van der Waals surface area (Å²) in [5.74, 6) is -0.239. The van der Waals surface area contributed by atoms with Gasteiger partial charge in [-0.15, -0.1) is 0 Å². The number of alkyl halides is 1. The minimum absolute atomic E-state index is 0.0501. The predicted octanol–water partition coefficient (Wildman–Crippen LogP) is 3.79. The maximum atomic E-state index is 13.2. The zero-order valence-corrected chi connectivity index (χ0v) is 12.3. The maximum Gasteiger partial charge on any atom is 0.323 e. The van der Waals surface area contributed by atoms with Crippen molar-refractivity contribution in [1.82, 2.24) is 9.97 Å². The molecule has 3 aromatic rings. The van der Waals surface area contributed by atoms with Crippen molar-refractivity contribution in [3.63, 3.8) is 0 Å². The van der Waals surface area contributed by atoms with Crippen LogP contribution in [0.15, 0.2) is 41.2 Å². The van der Waals surface area contributed by atoms with Gasteiger partial charge in [-0.05, 0) is 47.9 Å². The van der Waals surface area contributed by atoms with Crippen molar-refractivity contribution in [2.75, 3.05) is 0 Å². The molecule has 20 heavy (non-hydrogen) atoms. The van der Waals surface area contributed by atoms with Crippen LogP contribution in [-0.4, -0.2) is 9.97 Å². The molecule has 5 heteroatoms. The van der Waals surface area contributed by atoms with Crippen molar-refractivity contribution < 1.29 is 4.39 Å². The van der Waals surface area contributed by atoms with Gasteiger partial charge in [0, 0.05) is 0 Å². The molecule has 1 heterocycles. The summed E-state index contributed by atoms with van der Waals surface area (Å²) >= 11 is 3.64. The number of imidazole rings is 1. The van der Waals surface area contributed by atoms with E-state index in [0.29, 0.717) is 0 Å². The lowest BCUT2D eigenvalue weighted by atomic mass is 10.00. The molecule has 3 nitrogen and oxygen atoms in total. The molecule has 0 amide bonds. The molecule has 1 atom stereocenters. The van der Waals surface area contributed by atoms with Crippen molar-refractivity contribution >= 4 is 27.0 Å². The standard InChI is InChI=1S/C15H12BrFN2O/c1-8-6-10(17)3-4-11(8)14(16)9-2-5-12-13(7-9)19-15(20)18-12/h2-7,14H,1H3,(H2,18,19,20). The van der Waals surface area contributed by atoms with Crippen LogP contribution in [0.3, 0.4) is 0 Å². The summed E-state index contributed by atoms with van der Waals surface area (Å²) in [7, 11) is 0. The van der Waals surface area contributed by atoms with Gasteiger partial charge in [0.15, 0.2) is 0 Å². The van der Waals surface area contributed by atoms with Crippen molar-refractivity contribution in [3.05, 3.63) is 69.4 Å². The Morgan fingerprint density at radius 3 is 2.60 bits per heavy atom. The van der Waals surface area contributed by atoms with E-state index >= 15 is 0 Å². The first-order valence-electron chi connectivity index (χ1n) is 6.16. The van der Waals surface area contributed by atoms with Crippen molar-refractivity contribution in [2.45, 2.75) is 11.8 Å². The van der Waals surface area contributed by atoms with E-state index in [1.54, 1.807) is 6.07 Å². The molecule has 0 aliphatic heterocycles. The molecule has 0 aliphatic rings. The molecule has 0 fully saturated rings. The highest BCUT2D eigenvalue weighted by molar-refractivity contribution is 9.09. The van der Waals surface area contributed by atoms with E-state index in [1.807, 2.05) is 25.1 Å². The number of rotatable bonds is 2. The minimum Gasteiger partial charge on any atom is -0.306 e. The van der Waals surface area contributed by atoms with Gasteiger partial charge in [-0.2, -0.15) is 0 Å². The summed E-state index contributed by atoms with van der Waals surface area (Å²) in [5.41, 5.74) is 4.20. The molecular formula is C15H12BrFN2O. The van der Waals surface area contributed by atoms with Crippen molar-refractivity contribution in [2.24, 2.45) is 0 Å². The van der Waals surface area contributed by atoms with Crippen LogP contribution in [0, 0.1) is 12.7 Å². The van der Waals surface area contributed by atoms with Gasteiger partial charge in [0.05, 0.1) is 15.9 Å². The Morgan fingerprint density at radius 2 is 1.85 bits per heavy atom. The molecule has 0 aliphatic carbocycles. The molecule has 0 saturated carbocycles. The molecule has 2 N–H and O–H groups in total. The number of aromatic nitrogens is 2. The summed E-state index contributed by atoms with van der Waals surface area (Å²) in [6.45, 7) is 1.88. The van der Waals surface area contributed by atoms with Gasteiger partial charge in [0.25, 0.3) is 0 Å². The third-order valence-corrected chi connectivity index (χ3v) is 4.36. The van der Waals surface area contributed by atoms with Crippen LogP contribution in [0.1, 0.15) is 21.5 Å². The van der Waals surface area contributed by atoms with Crippen molar-refractivity contribution in [1.29, 1.82) is 0 Å². The Hall–Kier alpha value is -1.88. The van der Waals surface area contributed by atoms with Gasteiger partial charge in [-0.3, -0.25) is 0 Å². The first-order valence-corrected chi connectivity index (χ1v) is 7.08. The minimum atomic E-state index is -0.239. The predicted molar refractivity (Wildman–Crippen MR) is 80.8 cm³/mol. The monoisotopic (exact) mass is 334 g/mol. The van der Waals surface area contributed by atoms with E-state index in [2.05, 4.69) is 25.9 Å². The Labute approximate surface area is 123 Å². The van der Waals surface area contributed by atoms with Crippen LogP contribution in [-0.2, 0) is 0 Å². The molecule has 1 unspecified atom stereocenters. The van der Waals surface area contributed by atoms with E-state index in [1.165, 1.54) is 12.1 Å². The normalized spacial score (nSPS) is 12.8. The van der Waals surface area contributed by atoms with E-state index < -0.39 is 0 Å². The molecule has 0 bridgehead atoms. The molecule has 0 saturated heterocycles. The number of fused-ring (bicyclic) bond motifs is 1. The molecule has 102 valence electrons. The van der Waals surface area contributed by atoms with Crippen LogP contribution >= 0.6 is 15.9 Å². The highest BCUT2D eigenvalue weighted by Gasteiger charge is 2.14. The number of aromatic amines is 2. The molecule has 0 spiro atoms. The van der Waals surface area contributed by atoms with Crippen LogP contribution < -0.4 is 5.69 Å². The third kappa shape index (κ3) is 2.29. The lowest BCUT2D eigenvalue weighted by Crippen LogP contribution is -1.99. The lowest BCUT2D eigenvalue weighted by Gasteiger charge is -2.13. The van der Waals surface area contributed by atoms with Gasteiger partial charge in [-0.25, -0.2) is 9.18 Å². The molecule has 2 aromatic carbocycles. The van der Waals surface area contributed by atoms with Gasteiger partial charge in [0.1, 0.15) is 5.82 Å². The zero-order chi connectivity index (χ0) is 14.3. The Bertz CT molecular complexity index is 837. The highest BCUT2D eigenvalue weighted by atomic mass is 79.9. The van der Waals surface area contributed by atoms with E-state index in [0.717, 1.165) is 27.7 Å². The summed E-state index contributed by atoms with van der Waals surface area (Å²) in [6.07, 6.45) is 0. The maximum absolute atomic E-state index is 13.2. The number of H-pyrrole nitrogens is 2. The van der Waals surface area contributed by atoms with Gasteiger partial charge in [0.2, 0.25) is 0 Å². The number of nitrogens with one attached hydrogen (secondary N) is 2. The van der Waals surface area contributed by atoms with Gasteiger partial charge in [-0.1, -0.05) is 28.1 Å². The van der Waals surface area contributed by atoms with E-state index in [-0.39, 0.29) is 16.3 Å². The lowest BCUT2D eigenvalue weighted by molar-refractivity contribution is 0.626. The average molecular weight is 335 g/mol. The van der Waals surface area contributed by atoms with E-state index in [9.17, 15) is 9.18 Å². The van der Waals surface area contributed by atoms with Crippen LogP contribution in [0.4, 0.5) is 4.39 Å². The van der Waals surface area contributed by atoms with Crippen LogP contribution in [0.25, 0.3) is 11.0 Å². The summed E-state index contributed by atoms with van der Waals surface area (Å²) in [4.78, 5) is 16.7. The second-order valence-electron chi connectivity index (χ2n) is 4.75. The smallest absolute Gasteiger partial charge is 0.306 e. The molecule has 1 aromatic heterocycles. The number of benzene rings is 2. The summed E-state index contributed by atoms with van der Waals surface area (Å²) in [6, 6.07) is 10.4. The fourth-order valence-corrected chi connectivity index (χ4v) is 3.11. The van der Waals surface area contributed by atoms with Crippen LogP contribution in [0.2, 0.25) is 0 Å². The first kappa shape index (κ1) is 13.1. The molecule has 0 radical (unpaired) electrons. The zero-order valence-electron chi connectivity index (χ0n) is 10.7. The summed E-state index contributed by atoms with van der Waals surface area (Å²) < 4.78 is 13.2. The number of aryl methyl sites for hydroxylation is 1. The Morgan fingerprint density at radius 1 is 1.10 bits per heavy atom. The quantitative estimate of drug-likeness (QED) is 0.688. The van der Waals surface area contributed by atoms with Gasteiger partial charge < -0.3 is 9.97 Å². The second kappa shape index (κ2) is 4.90. The summed E-state index contributed by atoms with van der Waals surface area (Å²) in [5, 5.41) is 0. The van der Waals surface area contributed by atoms with E-state index in [4.69, 9.17) is 0 Å². The Kier molecular flexibility index (Phi) is 3.22. The number of hydrogen-bond donors (Lipinski definition) is 2. The average Bonchev–Trinajstić information content (AvgIpc) is 2.77. The fourth-order valence-electron chi connectivity index (χ4n) is 2.31. The third-order valence-electron chi connectivity index (χ3n) is 3.34. The van der Waals surface area contributed by atoms with Crippen molar-refractivity contribution in [3.8, 4) is 0 Å². The Balaban J connectivity index is 2.06. The number of hydrogen-bond acceptors (Lipinski definition) is 1. The largest absolute Gasteiger partial charge is 0.323 e. The molecular weight excluding hydrogens is 323 g/mol. The first-order chi connectivity index (χ1) is 9.54. The second-order valence-corrected chi connectivity index (χ2v) is 5.66. The highest BCUT2D eigenvalue weighted by Crippen LogP contribution is 2.33. The van der Waals surface area contributed by atoms with Crippen LogP contribution in [0.5, 0.6) is 0 Å². The van der Waals surface area contributed by atoms with Gasteiger partial charge >= 0.3 is 5.69 Å².